The van der Waals surface area contributed by atoms with Gasteiger partial charge in [0, 0.05) is 23.4 Å². The summed E-state index contributed by atoms with van der Waals surface area (Å²) < 4.78 is 0. The van der Waals surface area contributed by atoms with Crippen LogP contribution in [0.1, 0.15) is 23.2 Å². The van der Waals surface area contributed by atoms with E-state index in [1.807, 2.05) is 12.1 Å². The van der Waals surface area contributed by atoms with Gasteiger partial charge in [-0.05, 0) is 31.0 Å². The number of nitrogens with zero attached hydrogens (tertiary/aromatic N) is 2. The first kappa shape index (κ1) is 11.6. The second-order valence-corrected chi connectivity index (χ2v) is 4.63. The summed E-state index contributed by atoms with van der Waals surface area (Å²) in [7, 11) is 0. The van der Waals surface area contributed by atoms with Crippen molar-refractivity contribution < 1.29 is 4.79 Å². The fraction of sp³-hybridized carbons (Fsp3) is 0.214. The van der Waals surface area contributed by atoms with Crippen LogP contribution in [0.25, 0.3) is 11.4 Å². The normalized spacial score (nSPS) is 14.1. The standard InChI is InChI=1S/C14H14N4O/c15-12-7-8-16-13(18-12)9-1-3-10(4-2-9)14(19)17-11-5-6-11/h1-4,7-8,11H,5-6H2,(H,17,19)(H2,15,16,18). The lowest BCUT2D eigenvalue weighted by molar-refractivity contribution is 0.0951. The van der Waals surface area contributed by atoms with Crippen LogP contribution in [0.4, 0.5) is 5.82 Å². The van der Waals surface area contributed by atoms with Crippen molar-refractivity contribution in [1.29, 1.82) is 0 Å². The van der Waals surface area contributed by atoms with Gasteiger partial charge in [-0.3, -0.25) is 4.79 Å². The number of carbonyl (C=O) groups is 1. The molecule has 19 heavy (non-hydrogen) atoms. The van der Waals surface area contributed by atoms with Gasteiger partial charge in [0.05, 0.1) is 0 Å². The molecular weight excluding hydrogens is 240 g/mol. The first-order valence-corrected chi connectivity index (χ1v) is 6.22. The van der Waals surface area contributed by atoms with Gasteiger partial charge in [-0.2, -0.15) is 0 Å². The van der Waals surface area contributed by atoms with E-state index in [4.69, 9.17) is 5.73 Å². The highest BCUT2D eigenvalue weighted by molar-refractivity contribution is 5.94. The Balaban J connectivity index is 1.80. The van der Waals surface area contributed by atoms with E-state index in [0.29, 0.717) is 23.2 Å². The van der Waals surface area contributed by atoms with Crippen LogP contribution < -0.4 is 11.1 Å². The molecule has 0 radical (unpaired) electrons. The highest BCUT2D eigenvalue weighted by atomic mass is 16.1. The Morgan fingerprint density at radius 3 is 2.58 bits per heavy atom. The summed E-state index contributed by atoms with van der Waals surface area (Å²) in [5.41, 5.74) is 7.12. The Bertz CT molecular complexity index is 605. The average Bonchev–Trinajstić information content (AvgIpc) is 3.23. The van der Waals surface area contributed by atoms with Crippen molar-refractivity contribution in [3.8, 4) is 11.4 Å². The maximum Gasteiger partial charge on any atom is 0.251 e. The molecule has 0 unspecified atom stereocenters. The number of hydrogen-bond acceptors (Lipinski definition) is 4. The molecule has 1 aliphatic carbocycles. The first-order chi connectivity index (χ1) is 9.22. The summed E-state index contributed by atoms with van der Waals surface area (Å²) in [6.07, 6.45) is 3.79. The molecule has 5 heteroatoms. The Morgan fingerprint density at radius 2 is 1.95 bits per heavy atom. The molecule has 1 aliphatic rings. The third-order valence-corrected chi connectivity index (χ3v) is 2.99. The Hall–Kier alpha value is -2.43. The molecule has 1 aromatic heterocycles. The summed E-state index contributed by atoms with van der Waals surface area (Å²) in [6, 6.07) is 9.22. The smallest absolute Gasteiger partial charge is 0.251 e. The van der Waals surface area contributed by atoms with Crippen LogP contribution >= 0.6 is 0 Å². The number of anilines is 1. The molecule has 0 aliphatic heterocycles. The van der Waals surface area contributed by atoms with E-state index in [2.05, 4.69) is 15.3 Å². The van der Waals surface area contributed by atoms with Crippen LogP contribution in [-0.4, -0.2) is 21.9 Å². The summed E-state index contributed by atoms with van der Waals surface area (Å²) in [5, 5.41) is 2.95. The number of rotatable bonds is 3. The topological polar surface area (TPSA) is 80.9 Å². The zero-order valence-electron chi connectivity index (χ0n) is 10.3. The lowest BCUT2D eigenvalue weighted by Gasteiger charge is -2.04. The lowest BCUT2D eigenvalue weighted by atomic mass is 10.1. The average molecular weight is 254 g/mol. The number of amides is 1. The summed E-state index contributed by atoms with van der Waals surface area (Å²) in [6.45, 7) is 0. The van der Waals surface area contributed by atoms with Crippen molar-refractivity contribution in [2.75, 3.05) is 5.73 Å². The molecule has 0 saturated heterocycles. The SMILES string of the molecule is Nc1ccnc(-c2ccc(C(=O)NC3CC3)cc2)n1. The third-order valence-electron chi connectivity index (χ3n) is 2.99. The number of carbonyl (C=O) groups excluding carboxylic acids is 1. The van der Waals surface area contributed by atoms with Gasteiger partial charge in [0.25, 0.3) is 5.91 Å². The highest BCUT2D eigenvalue weighted by Gasteiger charge is 2.23. The largest absolute Gasteiger partial charge is 0.384 e. The number of benzene rings is 1. The quantitative estimate of drug-likeness (QED) is 0.872. The predicted octanol–water partition coefficient (Wildman–Crippen LogP) is 1.62. The summed E-state index contributed by atoms with van der Waals surface area (Å²) in [5.74, 6) is 0.970. The monoisotopic (exact) mass is 254 g/mol. The maximum absolute atomic E-state index is 11.8. The summed E-state index contributed by atoms with van der Waals surface area (Å²) >= 11 is 0. The van der Waals surface area contributed by atoms with Crippen molar-refractivity contribution in [3.63, 3.8) is 0 Å². The first-order valence-electron chi connectivity index (χ1n) is 6.22. The van der Waals surface area contributed by atoms with E-state index < -0.39 is 0 Å². The lowest BCUT2D eigenvalue weighted by Crippen LogP contribution is -2.25. The van der Waals surface area contributed by atoms with Crippen LogP contribution in [0.15, 0.2) is 36.5 Å². The van der Waals surface area contributed by atoms with Crippen LogP contribution in [0.2, 0.25) is 0 Å². The maximum atomic E-state index is 11.8. The fourth-order valence-electron chi connectivity index (χ4n) is 1.78. The molecule has 1 fully saturated rings. The zero-order valence-corrected chi connectivity index (χ0v) is 10.3. The van der Waals surface area contributed by atoms with Crippen molar-refractivity contribution in [2.45, 2.75) is 18.9 Å². The van der Waals surface area contributed by atoms with Gasteiger partial charge in [-0.15, -0.1) is 0 Å². The fourth-order valence-corrected chi connectivity index (χ4v) is 1.78. The predicted molar refractivity (Wildman–Crippen MR) is 72.4 cm³/mol. The van der Waals surface area contributed by atoms with E-state index in [1.165, 1.54) is 0 Å². The van der Waals surface area contributed by atoms with Crippen molar-refractivity contribution >= 4 is 11.7 Å². The highest BCUT2D eigenvalue weighted by Crippen LogP contribution is 2.20. The van der Waals surface area contributed by atoms with Crippen LogP contribution in [-0.2, 0) is 0 Å². The molecule has 0 spiro atoms. The molecule has 1 saturated carbocycles. The molecular formula is C14H14N4O. The van der Waals surface area contributed by atoms with Gasteiger partial charge >= 0.3 is 0 Å². The minimum atomic E-state index is -0.0254. The van der Waals surface area contributed by atoms with Gasteiger partial charge in [0.15, 0.2) is 5.82 Å². The molecule has 1 aromatic carbocycles. The number of hydrogen-bond donors (Lipinski definition) is 2. The van der Waals surface area contributed by atoms with E-state index >= 15 is 0 Å². The van der Waals surface area contributed by atoms with Crippen molar-refractivity contribution in [3.05, 3.63) is 42.1 Å². The van der Waals surface area contributed by atoms with Crippen molar-refractivity contribution in [1.82, 2.24) is 15.3 Å². The number of nitrogens with one attached hydrogen (secondary N) is 1. The summed E-state index contributed by atoms with van der Waals surface area (Å²) in [4.78, 5) is 20.1. The molecule has 0 atom stereocenters. The molecule has 2 aromatic rings. The van der Waals surface area contributed by atoms with Gasteiger partial charge in [0.2, 0.25) is 0 Å². The van der Waals surface area contributed by atoms with Gasteiger partial charge in [-0.1, -0.05) is 12.1 Å². The minimum absolute atomic E-state index is 0.0254. The molecule has 1 heterocycles. The second kappa shape index (κ2) is 4.68. The zero-order chi connectivity index (χ0) is 13.2. The molecule has 5 nitrogen and oxygen atoms in total. The number of nitrogens with two attached hydrogens (primary N) is 1. The molecule has 1 amide bonds. The van der Waals surface area contributed by atoms with Crippen LogP contribution in [0.5, 0.6) is 0 Å². The van der Waals surface area contributed by atoms with Crippen molar-refractivity contribution in [2.24, 2.45) is 0 Å². The minimum Gasteiger partial charge on any atom is -0.384 e. The van der Waals surface area contributed by atoms with E-state index in [-0.39, 0.29) is 5.91 Å². The molecule has 3 N–H and O–H groups in total. The van der Waals surface area contributed by atoms with Gasteiger partial charge in [0.1, 0.15) is 5.82 Å². The Kier molecular flexibility index (Phi) is 2.87. The van der Waals surface area contributed by atoms with Gasteiger partial charge < -0.3 is 11.1 Å². The Labute approximate surface area is 110 Å². The van der Waals surface area contributed by atoms with E-state index in [0.717, 1.165) is 18.4 Å². The molecule has 3 rings (SSSR count). The van der Waals surface area contributed by atoms with E-state index in [1.54, 1.807) is 24.4 Å². The molecule has 0 bridgehead atoms. The molecule has 96 valence electrons. The van der Waals surface area contributed by atoms with Crippen LogP contribution in [0.3, 0.4) is 0 Å². The number of aromatic nitrogens is 2. The Morgan fingerprint density at radius 1 is 1.21 bits per heavy atom. The van der Waals surface area contributed by atoms with E-state index in [9.17, 15) is 4.79 Å². The second-order valence-electron chi connectivity index (χ2n) is 4.63. The van der Waals surface area contributed by atoms with Crippen LogP contribution in [0, 0.1) is 0 Å². The van der Waals surface area contributed by atoms with Gasteiger partial charge in [-0.25, -0.2) is 9.97 Å². The number of nitrogen functional groups attached to an aromatic ring is 1. The third kappa shape index (κ3) is 2.70.